The molecule has 2 aliphatic heterocycles. The molecule has 2 radical (unpaired) electrons. The van der Waals surface area contributed by atoms with Crippen LogP contribution >= 0.6 is 0 Å². The number of hydrogen-bond donors (Lipinski definition) is 0. The molecule has 2 heterocycles. The number of halogens is 6. The molecule has 27 heavy (non-hydrogen) atoms. The van der Waals surface area contributed by atoms with Crippen molar-refractivity contribution in [3.63, 3.8) is 0 Å². The van der Waals surface area contributed by atoms with E-state index in [2.05, 4.69) is 19.3 Å². The topological polar surface area (TPSA) is 52.9 Å². The first-order chi connectivity index (χ1) is 11.5. The fourth-order valence-electron chi connectivity index (χ4n) is 2.31. The van der Waals surface area contributed by atoms with Gasteiger partial charge in [0.2, 0.25) is 0 Å². The zero-order chi connectivity index (χ0) is 19.0. The van der Waals surface area contributed by atoms with Crippen LogP contribution in [-0.2, 0) is 65.4 Å². The maximum Gasteiger partial charge on any atom is 0.389 e. The monoisotopic (exact) mass is 582 g/mol. The van der Waals surface area contributed by atoms with E-state index >= 15 is 0 Å². The van der Waals surface area contributed by atoms with Gasteiger partial charge in [-0.25, -0.2) is 0 Å². The Bertz CT molecular complexity index is 445. The van der Waals surface area contributed by atoms with Crippen molar-refractivity contribution in [2.45, 2.75) is 56.7 Å². The van der Waals surface area contributed by atoms with Crippen molar-refractivity contribution in [1.82, 2.24) is 0 Å². The predicted molar refractivity (Wildman–Crippen MR) is 92.4 cm³/mol. The molecule has 0 N–H and O–H groups in total. The van der Waals surface area contributed by atoms with Crippen LogP contribution in [0.1, 0.15) is 25.7 Å². The standard InChI is InChI=1S/C7H11F3N2Si.C6H11F3N2Si.2Y/c1-13(11-4-5-12-13)6-2-3-7(8,9)10;7-6(8,9)2-1-5-12-10-3-4-11-12;;/h4-5H,2-3,6H2,1H3;12H,1-5H2;;/q;-2;;. The summed E-state index contributed by atoms with van der Waals surface area (Å²) in [5, 5.41) is 0. The average Bonchev–Trinajstić information content (AvgIpc) is 3.09. The Hall–Kier alpha value is 1.48. The summed E-state index contributed by atoms with van der Waals surface area (Å²) in [6.45, 7) is 3.34. The van der Waals surface area contributed by atoms with E-state index in [1.165, 1.54) is 0 Å². The molecule has 0 aromatic heterocycles. The molecule has 4 nitrogen and oxygen atoms in total. The summed E-state index contributed by atoms with van der Waals surface area (Å²) in [4.78, 5) is 8.32. The van der Waals surface area contributed by atoms with Gasteiger partial charge in [-0.05, 0) is 19.0 Å². The van der Waals surface area contributed by atoms with Gasteiger partial charge in [-0.2, -0.15) is 48.6 Å². The van der Waals surface area contributed by atoms with Gasteiger partial charge in [-0.15, -0.1) is 0 Å². The van der Waals surface area contributed by atoms with Gasteiger partial charge >= 0.3 is 12.4 Å². The Balaban J connectivity index is 0. The normalized spacial score (nSPS) is 18.5. The molecule has 152 valence electrons. The largest absolute Gasteiger partial charge is 0.684 e. The maximum atomic E-state index is 11.8. The van der Waals surface area contributed by atoms with Crippen molar-refractivity contribution in [3.8, 4) is 0 Å². The first kappa shape index (κ1) is 30.7. The first-order valence-corrected chi connectivity index (χ1v) is 12.5. The molecule has 1 saturated heterocycles. The molecule has 0 aliphatic carbocycles. The van der Waals surface area contributed by atoms with Crippen molar-refractivity contribution in [3.05, 3.63) is 9.96 Å². The fraction of sp³-hybridized carbons (Fsp3) is 0.846. The molecule has 0 atom stereocenters. The van der Waals surface area contributed by atoms with Crippen LogP contribution in [0.15, 0.2) is 9.32 Å². The number of alkyl halides is 6. The zero-order valence-corrected chi connectivity index (χ0v) is 22.9. The third kappa shape index (κ3) is 16.9. The van der Waals surface area contributed by atoms with E-state index in [9.17, 15) is 26.3 Å². The zero-order valence-electron chi connectivity index (χ0n) is 15.1. The molecule has 0 unspecified atom stereocenters. The first-order valence-electron chi connectivity index (χ1n) is 8.05. The van der Waals surface area contributed by atoms with Gasteiger partial charge in [0.15, 0.2) is 0 Å². The maximum absolute atomic E-state index is 11.8. The molecule has 2 rings (SSSR count). The van der Waals surface area contributed by atoms with Crippen LogP contribution < -0.4 is 0 Å². The summed E-state index contributed by atoms with van der Waals surface area (Å²) in [5.41, 5.74) is 0. The van der Waals surface area contributed by atoms with Crippen LogP contribution in [0, 0.1) is 0 Å². The van der Waals surface area contributed by atoms with Crippen molar-refractivity contribution >= 4 is 29.9 Å². The van der Waals surface area contributed by atoms with Gasteiger partial charge < -0.3 is 19.3 Å². The second kappa shape index (κ2) is 14.5. The van der Waals surface area contributed by atoms with Gasteiger partial charge in [0.05, 0.1) is 0 Å². The fourth-order valence-corrected chi connectivity index (χ4v) is 6.14. The smallest absolute Gasteiger partial charge is 0.389 e. The molecule has 0 spiro atoms. The van der Waals surface area contributed by atoms with E-state index in [0.717, 1.165) is 13.1 Å². The summed E-state index contributed by atoms with van der Waals surface area (Å²) in [7, 11) is -3.47. The number of hydrogen-bond acceptors (Lipinski definition) is 2. The minimum atomic E-state index is -4.04. The summed E-state index contributed by atoms with van der Waals surface area (Å²) >= 11 is 0. The average molecular weight is 582 g/mol. The van der Waals surface area contributed by atoms with E-state index in [-0.39, 0.29) is 78.3 Å². The summed E-state index contributed by atoms with van der Waals surface area (Å²) in [5.74, 6) is 0. The van der Waals surface area contributed by atoms with E-state index < -0.39 is 42.7 Å². The summed E-state index contributed by atoms with van der Waals surface area (Å²) in [6, 6.07) is 1.07. The van der Waals surface area contributed by atoms with Gasteiger partial charge in [-0.3, -0.25) is 0 Å². The third-order valence-electron chi connectivity index (χ3n) is 3.58. The van der Waals surface area contributed by atoms with Gasteiger partial charge in [0.1, 0.15) is 0 Å². The molecule has 1 fully saturated rings. The quantitative estimate of drug-likeness (QED) is 0.318. The Kier molecular flexibility index (Phi) is 16.5. The molecular weight excluding hydrogens is 560 g/mol. The summed E-state index contributed by atoms with van der Waals surface area (Å²) in [6.07, 6.45) is -5.94. The second-order valence-electron chi connectivity index (χ2n) is 6.04. The van der Waals surface area contributed by atoms with Gasteiger partial charge in [0, 0.05) is 90.7 Å². The molecular formula is C13H22F6N4Si2Y2-2. The van der Waals surface area contributed by atoms with Crippen LogP contribution in [0.25, 0.3) is 9.96 Å². The Labute approximate surface area is 208 Å². The number of rotatable bonds is 6. The van der Waals surface area contributed by atoms with Gasteiger partial charge in [0.25, 0.3) is 8.40 Å². The second-order valence-corrected chi connectivity index (χ2v) is 11.8. The van der Waals surface area contributed by atoms with E-state index in [4.69, 9.17) is 0 Å². The Morgan fingerprint density at radius 2 is 1.33 bits per heavy atom. The van der Waals surface area contributed by atoms with E-state index in [1.54, 1.807) is 12.4 Å². The Morgan fingerprint density at radius 3 is 1.78 bits per heavy atom. The van der Waals surface area contributed by atoms with Crippen LogP contribution in [0.5, 0.6) is 0 Å². The summed E-state index contributed by atoms with van der Waals surface area (Å²) < 4.78 is 78.7. The van der Waals surface area contributed by atoms with Crippen LogP contribution in [0.4, 0.5) is 26.3 Å². The van der Waals surface area contributed by atoms with Crippen molar-refractivity contribution in [2.75, 3.05) is 13.1 Å². The number of nitrogens with zero attached hydrogens (tertiary/aromatic N) is 4. The minimum absolute atomic E-state index is 0. The third-order valence-corrected chi connectivity index (χ3v) is 8.58. The molecule has 0 aromatic rings. The van der Waals surface area contributed by atoms with Crippen LogP contribution in [0.3, 0.4) is 0 Å². The van der Waals surface area contributed by atoms with E-state index in [1.807, 2.05) is 6.55 Å². The van der Waals surface area contributed by atoms with Crippen LogP contribution in [0.2, 0.25) is 18.6 Å². The molecule has 2 aliphatic rings. The molecule has 0 aromatic carbocycles. The van der Waals surface area contributed by atoms with Crippen molar-refractivity contribution < 1.29 is 91.8 Å². The molecule has 0 amide bonds. The SMILES string of the molecule is C[Si]1(CCCC(F)(F)F)N=CC=N1.FC(F)(F)CCC[SiH]1[N-]CC[N-]1.[Y].[Y]. The molecule has 0 bridgehead atoms. The molecule has 14 heteroatoms. The van der Waals surface area contributed by atoms with Crippen molar-refractivity contribution in [2.24, 2.45) is 9.32 Å². The minimum Gasteiger partial charge on any atom is -0.684 e. The van der Waals surface area contributed by atoms with Gasteiger partial charge in [-0.1, -0.05) is 12.5 Å². The van der Waals surface area contributed by atoms with Crippen molar-refractivity contribution in [1.29, 1.82) is 0 Å². The predicted octanol–water partition coefficient (Wildman–Crippen LogP) is 4.86. The Morgan fingerprint density at radius 1 is 0.889 bits per heavy atom. The van der Waals surface area contributed by atoms with E-state index in [0.29, 0.717) is 12.1 Å². The molecule has 0 saturated carbocycles. The van der Waals surface area contributed by atoms with Crippen LogP contribution in [-0.4, -0.2) is 55.4 Å².